The van der Waals surface area contributed by atoms with Crippen molar-refractivity contribution in [1.29, 1.82) is 0 Å². The summed E-state index contributed by atoms with van der Waals surface area (Å²) in [5.74, 6) is 0. The van der Waals surface area contributed by atoms with Crippen molar-refractivity contribution in [2.24, 2.45) is 0 Å². The number of anilines is 1. The van der Waals surface area contributed by atoms with Crippen LogP contribution in [-0.2, 0) is 13.2 Å². The number of fused-ring (bicyclic) bond motifs is 2. The minimum absolute atomic E-state index is 0.257. The Morgan fingerprint density at radius 1 is 1.00 bits per heavy atom. The molecule has 5 aromatic rings. The Morgan fingerprint density at radius 2 is 1.81 bits per heavy atom. The summed E-state index contributed by atoms with van der Waals surface area (Å²) in [6.07, 6.45) is 5.13. The first kappa shape index (κ1) is 19.7. The summed E-state index contributed by atoms with van der Waals surface area (Å²) in [6.45, 7) is 2.65. The molecule has 0 unspecified atom stereocenters. The first-order valence-corrected chi connectivity index (χ1v) is 10.3. The molecule has 32 heavy (non-hydrogen) atoms. The van der Waals surface area contributed by atoms with E-state index in [4.69, 9.17) is 4.84 Å². The van der Waals surface area contributed by atoms with E-state index in [9.17, 15) is 4.79 Å². The second-order valence-corrected chi connectivity index (χ2v) is 7.48. The molecule has 7 heteroatoms. The molecule has 0 aliphatic rings. The van der Waals surface area contributed by atoms with Crippen molar-refractivity contribution in [1.82, 2.24) is 19.7 Å². The highest BCUT2D eigenvalue weighted by atomic mass is 16.7. The lowest BCUT2D eigenvalue weighted by Crippen LogP contribution is -2.28. The SMILES string of the molecule is Cc1ncnc2c1c(NCc1cncc3ccccc13)cc(=O)n2OCc1ccccc1. The van der Waals surface area contributed by atoms with Crippen LogP contribution in [0, 0.1) is 6.92 Å². The molecule has 3 heterocycles. The Labute approximate surface area is 184 Å². The van der Waals surface area contributed by atoms with Gasteiger partial charge in [0.05, 0.1) is 16.8 Å². The van der Waals surface area contributed by atoms with Crippen molar-refractivity contribution in [2.45, 2.75) is 20.1 Å². The molecule has 1 N–H and O–H groups in total. The lowest BCUT2D eigenvalue weighted by Gasteiger charge is -2.16. The average Bonchev–Trinajstić information content (AvgIpc) is 2.83. The molecule has 0 aliphatic heterocycles. The lowest BCUT2D eigenvalue weighted by molar-refractivity contribution is 0.0979. The fourth-order valence-electron chi connectivity index (χ4n) is 3.78. The average molecular weight is 423 g/mol. The Bertz CT molecular complexity index is 1460. The predicted molar refractivity (Wildman–Crippen MR) is 124 cm³/mol. The Morgan fingerprint density at radius 3 is 2.69 bits per heavy atom. The van der Waals surface area contributed by atoms with Gasteiger partial charge in [-0.25, -0.2) is 9.97 Å². The fourth-order valence-corrected chi connectivity index (χ4v) is 3.78. The topological polar surface area (TPSA) is 81.9 Å². The molecule has 0 bridgehead atoms. The van der Waals surface area contributed by atoms with Crippen LogP contribution < -0.4 is 15.7 Å². The van der Waals surface area contributed by atoms with Crippen LogP contribution in [0.1, 0.15) is 16.8 Å². The first-order chi connectivity index (χ1) is 15.7. The molecule has 0 atom stereocenters. The second-order valence-electron chi connectivity index (χ2n) is 7.48. The third-order valence-electron chi connectivity index (χ3n) is 5.37. The van der Waals surface area contributed by atoms with E-state index in [0.29, 0.717) is 17.9 Å². The third kappa shape index (κ3) is 3.76. The van der Waals surface area contributed by atoms with Gasteiger partial charge in [0.25, 0.3) is 5.56 Å². The Kier molecular flexibility index (Phi) is 5.21. The lowest BCUT2D eigenvalue weighted by atomic mass is 10.1. The van der Waals surface area contributed by atoms with Crippen LogP contribution in [-0.4, -0.2) is 19.7 Å². The van der Waals surface area contributed by atoms with Gasteiger partial charge in [-0.2, -0.15) is 0 Å². The van der Waals surface area contributed by atoms with Crippen molar-refractivity contribution in [3.63, 3.8) is 0 Å². The van der Waals surface area contributed by atoms with Gasteiger partial charge >= 0.3 is 0 Å². The third-order valence-corrected chi connectivity index (χ3v) is 5.37. The van der Waals surface area contributed by atoms with Gasteiger partial charge in [-0.05, 0) is 23.4 Å². The van der Waals surface area contributed by atoms with Crippen molar-refractivity contribution in [3.8, 4) is 0 Å². The summed E-state index contributed by atoms with van der Waals surface area (Å²) >= 11 is 0. The van der Waals surface area contributed by atoms with Gasteiger partial charge in [0, 0.05) is 30.4 Å². The first-order valence-electron chi connectivity index (χ1n) is 10.3. The molecule has 0 saturated heterocycles. The molecule has 0 aliphatic carbocycles. The Hall–Kier alpha value is -4.26. The molecular formula is C25H21N5O2. The molecule has 7 nitrogen and oxygen atoms in total. The zero-order chi connectivity index (χ0) is 21.9. The summed E-state index contributed by atoms with van der Waals surface area (Å²) in [7, 11) is 0. The zero-order valence-corrected chi connectivity index (χ0v) is 17.5. The van der Waals surface area contributed by atoms with Gasteiger partial charge in [-0.1, -0.05) is 54.6 Å². The standard InChI is InChI=1S/C25H21N5O2/c1-17-24-22(27-14-20-13-26-12-19-9-5-6-10-21(19)20)11-23(31)30(25(24)29-16-28-17)32-15-18-7-3-2-4-8-18/h2-13,16,27H,14-15H2,1H3. The van der Waals surface area contributed by atoms with Crippen LogP contribution in [0.5, 0.6) is 0 Å². The van der Waals surface area contributed by atoms with Gasteiger partial charge in [-0.3, -0.25) is 9.78 Å². The number of rotatable bonds is 6. The maximum atomic E-state index is 12.9. The highest BCUT2D eigenvalue weighted by Gasteiger charge is 2.14. The Balaban J connectivity index is 1.50. The van der Waals surface area contributed by atoms with Gasteiger partial charge in [0.2, 0.25) is 0 Å². The summed E-state index contributed by atoms with van der Waals surface area (Å²) in [4.78, 5) is 31.8. The number of hydrogen-bond acceptors (Lipinski definition) is 6. The highest BCUT2D eigenvalue weighted by Crippen LogP contribution is 2.24. The van der Waals surface area contributed by atoms with Crippen LogP contribution in [0.4, 0.5) is 5.69 Å². The van der Waals surface area contributed by atoms with E-state index in [2.05, 4.69) is 26.3 Å². The second kappa shape index (κ2) is 8.47. The smallest absolute Gasteiger partial charge is 0.287 e. The van der Waals surface area contributed by atoms with E-state index in [-0.39, 0.29) is 12.2 Å². The number of aromatic nitrogens is 4. The van der Waals surface area contributed by atoms with Crippen LogP contribution in [0.15, 0.2) is 84.2 Å². The molecule has 0 amide bonds. The van der Waals surface area contributed by atoms with Crippen LogP contribution in [0.2, 0.25) is 0 Å². The number of nitrogens with zero attached hydrogens (tertiary/aromatic N) is 4. The van der Waals surface area contributed by atoms with E-state index in [0.717, 1.165) is 33.0 Å². The molecule has 0 spiro atoms. The molecular weight excluding hydrogens is 402 g/mol. The minimum Gasteiger partial charge on any atom is -0.404 e. The van der Waals surface area contributed by atoms with Gasteiger partial charge in [0.15, 0.2) is 5.65 Å². The predicted octanol–water partition coefficient (Wildman–Crippen LogP) is 3.89. The zero-order valence-electron chi connectivity index (χ0n) is 17.5. The summed E-state index contributed by atoms with van der Waals surface area (Å²) in [6, 6.07) is 19.3. The maximum absolute atomic E-state index is 12.9. The monoisotopic (exact) mass is 423 g/mol. The van der Waals surface area contributed by atoms with Crippen LogP contribution >= 0.6 is 0 Å². The van der Waals surface area contributed by atoms with Crippen molar-refractivity contribution >= 4 is 27.5 Å². The molecule has 0 radical (unpaired) electrons. The van der Waals surface area contributed by atoms with E-state index >= 15 is 0 Å². The van der Waals surface area contributed by atoms with Crippen LogP contribution in [0.3, 0.4) is 0 Å². The van der Waals surface area contributed by atoms with E-state index in [1.165, 1.54) is 17.1 Å². The quantitative estimate of drug-likeness (QED) is 0.446. The maximum Gasteiger partial charge on any atom is 0.287 e. The number of hydrogen-bond donors (Lipinski definition) is 1. The summed E-state index contributed by atoms with van der Waals surface area (Å²) in [5.41, 5.74) is 3.55. The number of nitrogens with one attached hydrogen (secondary N) is 1. The highest BCUT2D eigenvalue weighted by molar-refractivity contribution is 5.91. The molecule has 0 saturated carbocycles. The van der Waals surface area contributed by atoms with E-state index in [1.54, 1.807) is 0 Å². The molecule has 5 rings (SSSR count). The van der Waals surface area contributed by atoms with Gasteiger partial charge in [-0.15, -0.1) is 4.73 Å². The van der Waals surface area contributed by atoms with Crippen molar-refractivity contribution in [3.05, 3.63) is 107 Å². The van der Waals surface area contributed by atoms with Crippen LogP contribution in [0.25, 0.3) is 21.8 Å². The molecule has 0 fully saturated rings. The largest absolute Gasteiger partial charge is 0.404 e. The van der Waals surface area contributed by atoms with Crippen molar-refractivity contribution in [2.75, 3.05) is 5.32 Å². The number of aryl methyl sites for hydroxylation is 1. The van der Waals surface area contributed by atoms with E-state index in [1.807, 2.05) is 67.8 Å². The number of pyridine rings is 2. The summed E-state index contributed by atoms with van der Waals surface area (Å²) < 4.78 is 1.24. The summed E-state index contributed by atoms with van der Waals surface area (Å²) in [5, 5.41) is 6.32. The number of benzene rings is 2. The molecule has 158 valence electrons. The minimum atomic E-state index is -0.301. The molecule has 2 aromatic carbocycles. The fraction of sp³-hybridized carbons (Fsp3) is 0.120. The van der Waals surface area contributed by atoms with Gasteiger partial charge < -0.3 is 10.2 Å². The molecule has 3 aromatic heterocycles. The van der Waals surface area contributed by atoms with Gasteiger partial charge in [0.1, 0.15) is 12.9 Å². The van der Waals surface area contributed by atoms with Crippen molar-refractivity contribution < 1.29 is 4.84 Å². The van der Waals surface area contributed by atoms with E-state index < -0.39 is 0 Å². The normalized spacial score (nSPS) is 11.0.